The molecule has 0 amide bonds. The molecule has 0 saturated heterocycles. The van der Waals surface area contributed by atoms with Crippen LogP contribution >= 0.6 is 0 Å². The summed E-state index contributed by atoms with van der Waals surface area (Å²) < 4.78 is 42.1. The Morgan fingerprint density at radius 3 is 2.23 bits per heavy atom. The van der Waals surface area contributed by atoms with Crippen LogP contribution < -0.4 is 14.9 Å². The quantitative estimate of drug-likeness (QED) is 0.270. The van der Waals surface area contributed by atoms with Crippen molar-refractivity contribution < 1.29 is 22.4 Å². The van der Waals surface area contributed by atoms with Crippen molar-refractivity contribution in [1.82, 2.24) is 0 Å². The van der Waals surface area contributed by atoms with Gasteiger partial charge in [0.25, 0.3) is 10.1 Å². The van der Waals surface area contributed by atoms with E-state index in [1.165, 1.54) is 25.3 Å². The second-order valence-corrected chi connectivity index (χ2v) is 7.46. The highest BCUT2D eigenvalue weighted by atomic mass is 32.2. The van der Waals surface area contributed by atoms with E-state index in [4.69, 9.17) is 14.0 Å². The first-order chi connectivity index (χ1) is 14.9. The van der Waals surface area contributed by atoms with Crippen molar-refractivity contribution in [3.05, 3.63) is 66.7 Å². The summed E-state index contributed by atoms with van der Waals surface area (Å²) in [5, 5.41) is 16.1. The van der Waals surface area contributed by atoms with Gasteiger partial charge in [0.1, 0.15) is 17.2 Å². The molecule has 0 saturated carbocycles. The molecule has 0 aliphatic carbocycles. The van der Waals surface area contributed by atoms with Gasteiger partial charge in [0.15, 0.2) is 0 Å². The maximum atomic E-state index is 11.2. The van der Waals surface area contributed by atoms with E-state index in [9.17, 15) is 8.42 Å². The Balaban J connectivity index is 1.76. The zero-order chi connectivity index (χ0) is 22.3. The number of anilines is 1. The molecule has 0 aromatic heterocycles. The predicted molar refractivity (Wildman–Crippen MR) is 115 cm³/mol. The molecule has 31 heavy (non-hydrogen) atoms. The summed E-state index contributed by atoms with van der Waals surface area (Å²) in [6, 6.07) is 17.7. The van der Waals surface area contributed by atoms with Crippen LogP contribution in [0.5, 0.6) is 11.5 Å². The van der Waals surface area contributed by atoms with Crippen LogP contribution in [0.3, 0.4) is 0 Å². The second kappa shape index (κ2) is 9.78. The second-order valence-electron chi connectivity index (χ2n) is 6.04. The van der Waals surface area contributed by atoms with E-state index in [1.54, 1.807) is 43.5 Å². The van der Waals surface area contributed by atoms with Gasteiger partial charge in [-0.15, -0.1) is 5.11 Å². The molecule has 3 aromatic carbocycles. The van der Waals surface area contributed by atoms with E-state index in [-0.39, 0.29) is 10.6 Å². The van der Waals surface area contributed by atoms with Gasteiger partial charge in [-0.3, -0.25) is 9.98 Å². The Labute approximate surface area is 179 Å². The van der Waals surface area contributed by atoms with Crippen LogP contribution in [0.1, 0.15) is 0 Å². The fourth-order valence-electron chi connectivity index (χ4n) is 2.50. The summed E-state index contributed by atoms with van der Waals surface area (Å²) in [4.78, 5) is -0.264. The number of nitrogens with zero attached hydrogens (tertiary/aromatic N) is 4. The first-order valence-electron chi connectivity index (χ1n) is 8.88. The lowest BCUT2D eigenvalue weighted by atomic mass is 10.2. The zero-order valence-corrected chi connectivity index (χ0v) is 17.4. The van der Waals surface area contributed by atoms with Crippen LogP contribution in [0.4, 0.5) is 22.7 Å². The molecule has 11 heteroatoms. The molecule has 0 radical (unpaired) electrons. The van der Waals surface area contributed by atoms with Crippen molar-refractivity contribution in [3.63, 3.8) is 0 Å². The van der Waals surface area contributed by atoms with E-state index in [0.29, 0.717) is 28.6 Å². The van der Waals surface area contributed by atoms with Crippen molar-refractivity contribution in [2.75, 3.05) is 19.6 Å². The fourth-order valence-corrected chi connectivity index (χ4v) is 3.02. The lowest BCUT2D eigenvalue weighted by Gasteiger charge is -2.07. The molecule has 0 fully saturated rings. The van der Waals surface area contributed by atoms with Crippen LogP contribution in [-0.4, -0.2) is 27.2 Å². The molecule has 0 atom stereocenters. The lowest BCUT2D eigenvalue weighted by Crippen LogP contribution is -1.96. The van der Waals surface area contributed by atoms with Crippen LogP contribution in [0.2, 0.25) is 0 Å². The maximum absolute atomic E-state index is 11.2. The van der Waals surface area contributed by atoms with Gasteiger partial charge >= 0.3 is 0 Å². The summed E-state index contributed by atoms with van der Waals surface area (Å²) in [5.41, 5.74) is 4.63. The van der Waals surface area contributed by atoms with Crippen LogP contribution in [-0.2, 0) is 10.1 Å². The topological polar surface area (TPSA) is 134 Å². The summed E-state index contributed by atoms with van der Waals surface area (Å²) in [7, 11) is -1.27. The third kappa shape index (κ3) is 5.84. The molecule has 3 rings (SSSR count). The van der Waals surface area contributed by atoms with Gasteiger partial charge in [-0.2, -0.15) is 18.6 Å². The highest BCUT2D eigenvalue weighted by molar-refractivity contribution is 7.85. The Hall–Kier alpha value is -3.83. The molecule has 160 valence electrons. The molecule has 10 nitrogen and oxygen atoms in total. The van der Waals surface area contributed by atoms with Crippen molar-refractivity contribution in [2.45, 2.75) is 4.90 Å². The molecule has 0 aliphatic heterocycles. The van der Waals surface area contributed by atoms with Crippen molar-refractivity contribution >= 4 is 32.9 Å². The molecule has 0 aliphatic rings. The number of ether oxygens (including phenoxy) is 2. The first-order valence-corrected chi connectivity index (χ1v) is 10.3. The van der Waals surface area contributed by atoms with Gasteiger partial charge in [0, 0.05) is 6.07 Å². The average molecular weight is 441 g/mol. The standard InChI is InChI=1S/C20H19N5O5S/c1-29-19-9-4-3-8-17(19)23-25-24-18-11-10-15(13-20(18)30-2)22-21-14-6-5-7-16(12-14)31(26,27)28/h3-13H,1-2H3,(H,23,24)(H,26,27,28). The van der Waals surface area contributed by atoms with Gasteiger partial charge in [-0.1, -0.05) is 23.4 Å². The number of hydrogen-bond donors (Lipinski definition) is 2. The monoisotopic (exact) mass is 441 g/mol. The Morgan fingerprint density at radius 1 is 0.806 bits per heavy atom. The van der Waals surface area contributed by atoms with Gasteiger partial charge in [-0.05, 0) is 42.5 Å². The zero-order valence-electron chi connectivity index (χ0n) is 16.6. The molecular formula is C20H19N5O5S. The molecule has 0 heterocycles. The van der Waals surface area contributed by atoms with Gasteiger partial charge in [0.2, 0.25) is 0 Å². The van der Waals surface area contributed by atoms with Crippen molar-refractivity contribution in [2.24, 2.45) is 20.6 Å². The van der Waals surface area contributed by atoms with Gasteiger partial charge in [-0.25, -0.2) is 0 Å². The largest absolute Gasteiger partial charge is 0.495 e. The highest BCUT2D eigenvalue weighted by Crippen LogP contribution is 2.33. The summed E-state index contributed by atoms with van der Waals surface area (Å²) >= 11 is 0. The summed E-state index contributed by atoms with van der Waals surface area (Å²) in [6.07, 6.45) is 0. The minimum atomic E-state index is -4.32. The Bertz CT molecular complexity index is 1230. The highest BCUT2D eigenvalue weighted by Gasteiger charge is 2.09. The Morgan fingerprint density at radius 2 is 1.52 bits per heavy atom. The first kappa shape index (κ1) is 21.9. The lowest BCUT2D eigenvalue weighted by molar-refractivity contribution is 0.415. The molecule has 2 N–H and O–H groups in total. The molecule has 0 bridgehead atoms. The Kier molecular flexibility index (Phi) is 6.90. The van der Waals surface area contributed by atoms with Crippen molar-refractivity contribution in [3.8, 4) is 11.5 Å². The number of benzene rings is 3. The molecule has 0 unspecified atom stereocenters. The third-order valence-corrected chi connectivity index (χ3v) is 4.84. The molecule has 3 aromatic rings. The van der Waals surface area contributed by atoms with Crippen LogP contribution in [0, 0.1) is 0 Å². The fraction of sp³-hybridized carbons (Fsp3) is 0.100. The van der Waals surface area contributed by atoms with Crippen LogP contribution in [0.25, 0.3) is 0 Å². The smallest absolute Gasteiger partial charge is 0.294 e. The van der Waals surface area contributed by atoms with E-state index in [2.05, 4.69) is 26.0 Å². The van der Waals surface area contributed by atoms with Crippen LogP contribution in [0.15, 0.2) is 92.2 Å². The minimum Gasteiger partial charge on any atom is -0.495 e. The number of hydrogen-bond acceptors (Lipinski definition) is 8. The maximum Gasteiger partial charge on any atom is 0.294 e. The summed E-state index contributed by atoms with van der Waals surface area (Å²) in [6.45, 7) is 0. The molecular weight excluding hydrogens is 422 g/mol. The normalized spacial score (nSPS) is 11.7. The number of nitrogens with one attached hydrogen (secondary N) is 1. The molecule has 0 spiro atoms. The SMILES string of the molecule is COc1cc(N=Nc2cccc(S(=O)(=O)O)c2)ccc1N=NNc1ccccc1OC. The van der Waals surface area contributed by atoms with Gasteiger partial charge < -0.3 is 9.47 Å². The number of azo groups is 1. The van der Waals surface area contributed by atoms with E-state index >= 15 is 0 Å². The van der Waals surface area contributed by atoms with E-state index < -0.39 is 10.1 Å². The van der Waals surface area contributed by atoms with Crippen molar-refractivity contribution in [1.29, 1.82) is 0 Å². The number of methoxy groups -OCH3 is 2. The minimum absolute atomic E-state index is 0.263. The number of rotatable bonds is 8. The van der Waals surface area contributed by atoms with E-state index in [0.717, 1.165) is 0 Å². The average Bonchev–Trinajstić information content (AvgIpc) is 2.78. The van der Waals surface area contributed by atoms with Gasteiger partial charge in [0.05, 0.1) is 36.2 Å². The predicted octanol–water partition coefficient (Wildman–Crippen LogP) is 5.48. The number of para-hydroxylation sites is 2. The summed E-state index contributed by atoms with van der Waals surface area (Å²) in [5.74, 6) is 1.04. The van der Waals surface area contributed by atoms with E-state index in [1.807, 2.05) is 12.1 Å². The third-order valence-electron chi connectivity index (χ3n) is 3.99.